The molecule has 0 saturated carbocycles. The van der Waals surface area contributed by atoms with E-state index in [-0.39, 0.29) is 51.4 Å². The van der Waals surface area contributed by atoms with E-state index in [0.717, 1.165) is 0 Å². The van der Waals surface area contributed by atoms with Crippen LogP contribution in [0.25, 0.3) is 0 Å². The summed E-state index contributed by atoms with van der Waals surface area (Å²) in [6.07, 6.45) is 4.08. The van der Waals surface area contributed by atoms with Crippen LogP contribution in [0.15, 0.2) is 0 Å². The summed E-state index contributed by atoms with van der Waals surface area (Å²) in [5, 5.41) is 0. The Morgan fingerprint density at radius 3 is 0.571 bits per heavy atom. The molecule has 0 heterocycles. The SMILES string of the molecule is CCCCC.F[B-](F)(F)F.F[B-](F)(F)F.F[B-](F)(F)F.[KH]. The van der Waals surface area contributed by atoms with Gasteiger partial charge < -0.3 is 51.8 Å². The van der Waals surface area contributed by atoms with Crippen molar-refractivity contribution in [3.05, 3.63) is 0 Å². The molecule has 0 spiro atoms. The van der Waals surface area contributed by atoms with Gasteiger partial charge in [0.15, 0.2) is 0 Å². The van der Waals surface area contributed by atoms with E-state index in [1.807, 2.05) is 0 Å². The quantitative estimate of drug-likeness (QED) is 0.447. The first kappa shape index (κ1) is 33.6. The second kappa shape index (κ2) is 17.3. The van der Waals surface area contributed by atoms with E-state index >= 15 is 0 Å². The summed E-state index contributed by atoms with van der Waals surface area (Å²) >= 11 is 0. The van der Waals surface area contributed by atoms with Crippen LogP contribution in [-0.4, -0.2) is 73.1 Å². The predicted octanol–water partition coefficient (Wildman–Crippen LogP) is 5.45. The summed E-state index contributed by atoms with van der Waals surface area (Å²) < 4.78 is 117. The molecule has 0 amide bonds. The summed E-state index contributed by atoms with van der Waals surface area (Å²) in [7, 11) is -18.0. The third kappa shape index (κ3) is 846. The molecule has 0 aliphatic rings. The van der Waals surface area contributed by atoms with Gasteiger partial charge in [-0.1, -0.05) is 33.1 Å². The molecule has 0 aliphatic heterocycles. The van der Waals surface area contributed by atoms with E-state index in [9.17, 15) is 51.8 Å². The van der Waals surface area contributed by atoms with Crippen LogP contribution < -0.4 is 0 Å². The zero-order chi connectivity index (χ0) is 17.6. The second-order valence-corrected chi connectivity index (χ2v) is 2.84. The van der Waals surface area contributed by atoms with Gasteiger partial charge in [0.1, 0.15) is 0 Å². The zero-order valence-corrected chi connectivity index (χ0v) is 10.4. The van der Waals surface area contributed by atoms with Crippen LogP contribution in [0.2, 0.25) is 0 Å². The third-order valence-electron chi connectivity index (χ3n) is 0.707. The van der Waals surface area contributed by atoms with Gasteiger partial charge in [0.25, 0.3) is 0 Å². The molecule has 0 nitrogen and oxygen atoms in total. The van der Waals surface area contributed by atoms with E-state index in [1.54, 1.807) is 0 Å². The molecule has 16 heteroatoms. The minimum absolute atomic E-state index is 0. The van der Waals surface area contributed by atoms with Gasteiger partial charge in [-0.2, -0.15) is 0 Å². The van der Waals surface area contributed by atoms with Gasteiger partial charge >= 0.3 is 73.1 Å². The van der Waals surface area contributed by atoms with Crippen molar-refractivity contribution < 1.29 is 51.8 Å². The molecule has 0 atom stereocenters. The molecule has 0 rings (SSSR count). The van der Waals surface area contributed by atoms with Crippen molar-refractivity contribution in [3.63, 3.8) is 0 Å². The Labute approximate surface area is 157 Å². The molecule has 0 aliphatic carbocycles. The first-order chi connectivity index (χ1) is 8.41. The summed E-state index contributed by atoms with van der Waals surface area (Å²) in [4.78, 5) is 0. The van der Waals surface area contributed by atoms with E-state index in [1.165, 1.54) is 19.3 Å². The van der Waals surface area contributed by atoms with Crippen molar-refractivity contribution >= 4 is 73.1 Å². The number of rotatable bonds is 2. The van der Waals surface area contributed by atoms with E-state index in [0.29, 0.717) is 0 Å². The Hall–Kier alpha value is 0.991. The van der Waals surface area contributed by atoms with Gasteiger partial charge in [0.2, 0.25) is 0 Å². The van der Waals surface area contributed by atoms with Crippen LogP contribution in [0.5, 0.6) is 0 Å². The number of unbranched alkanes of at least 4 members (excludes halogenated alkanes) is 2. The average Bonchev–Trinajstić information content (AvgIpc) is 1.94. The maximum atomic E-state index is 9.75. The van der Waals surface area contributed by atoms with Crippen LogP contribution in [0.4, 0.5) is 51.8 Å². The molecule has 0 unspecified atom stereocenters. The van der Waals surface area contributed by atoms with Crippen LogP contribution in [0, 0.1) is 0 Å². The molecule has 0 bridgehead atoms. The standard InChI is InChI=1S/C5H12.3BF4.K.H/c1-3-5-4-2;3*2-1(3,4)5;;/h3-5H2,1-2H3;;;;;/q;3*-1;;. The van der Waals surface area contributed by atoms with Crippen LogP contribution in [-0.2, 0) is 0 Å². The van der Waals surface area contributed by atoms with E-state index in [2.05, 4.69) is 13.8 Å². The van der Waals surface area contributed by atoms with Gasteiger partial charge in [-0.25, -0.2) is 0 Å². The number of halogens is 12. The predicted molar refractivity (Wildman–Crippen MR) is 62.9 cm³/mol. The topological polar surface area (TPSA) is 0 Å². The zero-order valence-electron chi connectivity index (χ0n) is 10.4. The van der Waals surface area contributed by atoms with Crippen LogP contribution in [0.1, 0.15) is 33.1 Å². The van der Waals surface area contributed by atoms with Crippen molar-refractivity contribution in [2.45, 2.75) is 33.1 Å². The maximum absolute atomic E-state index is 9.75. The van der Waals surface area contributed by atoms with Gasteiger partial charge in [0, 0.05) is 0 Å². The Balaban J connectivity index is -0.0000000533. The fourth-order valence-electron chi connectivity index (χ4n) is 0.354. The average molecular weight is 373 g/mol. The number of hydrogen-bond acceptors (Lipinski definition) is 0. The third-order valence-corrected chi connectivity index (χ3v) is 0.707. The monoisotopic (exact) mass is 373 g/mol. The Kier molecular flexibility index (Phi) is 27.7. The Morgan fingerprint density at radius 2 is 0.571 bits per heavy atom. The molecule has 0 N–H and O–H groups in total. The van der Waals surface area contributed by atoms with Crippen molar-refractivity contribution in [2.24, 2.45) is 0 Å². The van der Waals surface area contributed by atoms with Crippen molar-refractivity contribution in [1.29, 1.82) is 0 Å². The minimum atomic E-state index is -6.00. The second-order valence-electron chi connectivity index (χ2n) is 2.84. The molecular weight excluding hydrogens is 360 g/mol. The normalized spacial score (nSPS) is 10.6. The number of hydrogen-bond donors (Lipinski definition) is 0. The molecular formula is C5H13B3F12K-3. The van der Waals surface area contributed by atoms with Crippen molar-refractivity contribution in [2.75, 3.05) is 0 Å². The molecule has 0 aromatic carbocycles. The molecule has 0 aromatic rings. The van der Waals surface area contributed by atoms with Gasteiger partial charge in [-0.3, -0.25) is 0 Å². The summed E-state index contributed by atoms with van der Waals surface area (Å²) in [6.45, 7) is 4.42. The Bertz CT molecular complexity index is 140. The first-order valence-electron chi connectivity index (χ1n) is 5.03. The molecule has 130 valence electrons. The summed E-state index contributed by atoms with van der Waals surface area (Å²) in [6, 6.07) is 0. The first-order valence-corrected chi connectivity index (χ1v) is 5.03. The molecule has 0 fully saturated rings. The molecule has 0 radical (unpaired) electrons. The van der Waals surface area contributed by atoms with Crippen molar-refractivity contribution in [3.8, 4) is 0 Å². The van der Waals surface area contributed by atoms with E-state index in [4.69, 9.17) is 0 Å². The molecule has 0 aromatic heterocycles. The van der Waals surface area contributed by atoms with Crippen molar-refractivity contribution in [1.82, 2.24) is 0 Å². The fraction of sp³-hybridized carbons (Fsp3) is 1.00. The summed E-state index contributed by atoms with van der Waals surface area (Å²) in [5.41, 5.74) is 0. The van der Waals surface area contributed by atoms with Crippen LogP contribution in [0.3, 0.4) is 0 Å². The van der Waals surface area contributed by atoms with E-state index < -0.39 is 21.8 Å². The van der Waals surface area contributed by atoms with Gasteiger partial charge in [-0.15, -0.1) is 0 Å². The van der Waals surface area contributed by atoms with Gasteiger partial charge in [0.05, 0.1) is 0 Å². The fourth-order valence-corrected chi connectivity index (χ4v) is 0.354. The molecule has 0 saturated heterocycles. The van der Waals surface area contributed by atoms with Crippen LogP contribution >= 0.6 is 0 Å². The summed E-state index contributed by atoms with van der Waals surface area (Å²) in [5.74, 6) is 0. The van der Waals surface area contributed by atoms with Gasteiger partial charge in [-0.05, 0) is 0 Å². The Morgan fingerprint density at radius 1 is 0.476 bits per heavy atom. The molecule has 21 heavy (non-hydrogen) atoms.